The number of benzene rings is 1. The zero-order valence-corrected chi connectivity index (χ0v) is 7.86. The number of fused-ring (bicyclic) bond motifs is 1. The van der Waals surface area contributed by atoms with Gasteiger partial charge >= 0.3 is 0 Å². The summed E-state index contributed by atoms with van der Waals surface area (Å²) in [5.74, 6) is 0. The van der Waals surface area contributed by atoms with Crippen LogP contribution in [0.4, 0.5) is 0 Å². The summed E-state index contributed by atoms with van der Waals surface area (Å²) >= 11 is 0. The number of hydrogen-bond donors (Lipinski definition) is 2. The Balaban J connectivity index is 2.44. The smallest absolute Gasteiger partial charge is 0.153 e. The SMILES string of the molecule is O=CC(O)c1cccc2c1CCNC2. The fourth-order valence-corrected chi connectivity index (χ4v) is 1.91. The van der Waals surface area contributed by atoms with E-state index in [1.807, 2.05) is 18.2 Å². The van der Waals surface area contributed by atoms with E-state index in [9.17, 15) is 9.90 Å². The first-order valence-electron chi connectivity index (χ1n) is 4.77. The van der Waals surface area contributed by atoms with Gasteiger partial charge in [-0.2, -0.15) is 0 Å². The van der Waals surface area contributed by atoms with Crippen molar-refractivity contribution in [1.82, 2.24) is 5.32 Å². The van der Waals surface area contributed by atoms with E-state index < -0.39 is 6.10 Å². The van der Waals surface area contributed by atoms with Gasteiger partial charge in [-0.15, -0.1) is 0 Å². The molecule has 1 heterocycles. The topological polar surface area (TPSA) is 49.3 Å². The lowest BCUT2D eigenvalue weighted by Crippen LogP contribution is -2.25. The highest BCUT2D eigenvalue weighted by atomic mass is 16.3. The first kappa shape index (κ1) is 9.37. The highest BCUT2D eigenvalue weighted by molar-refractivity contribution is 5.61. The van der Waals surface area contributed by atoms with Gasteiger partial charge < -0.3 is 15.2 Å². The van der Waals surface area contributed by atoms with Gasteiger partial charge in [0.2, 0.25) is 0 Å². The minimum absolute atomic E-state index is 0.581. The lowest BCUT2D eigenvalue weighted by atomic mass is 9.93. The zero-order valence-electron chi connectivity index (χ0n) is 7.86. The van der Waals surface area contributed by atoms with Gasteiger partial charge in [-0.3, -0.25) is 0 Å². The average Bonchev–Trinajstić information content (AvgIpc) is 2.27. The standard InChI is InChI=1S/C11H13NO2/c13-7-11(14)10-3-1-2-8-6-12-5-4-9(8)10/h1-3,7,11-12,14H,4-6H2. The van der Waals surface area contributed by atoms with Crippen molar-refractivity contribution in [2.75, 3.05) is 6.54 Å². The molecule has 74 valence electrons. The summed E-state index contributed by atoms with van der Waals surface area (Å²) < 4.78 is 0. The molecule has 0 saturated carbocycles. The van der Waals surface area contributed by atoms with Crippen LogP contribution in [0.25, 0.3) is 0 Å². The number of rotatable bonds is 2. The number of carbonyl (C=O) groups is 1. The molecule has 3 nitrogen and oxygen atoms in total. The van der Waals surface area contributed by atoms with Gasteiger partial charge in [0.15, 0.2) is 6.29 Å². The molecule has 0 saturated heterocycles. The van der Waals surface area contributed by atoms with Crippen LogP contribution in [0.15, 0.2) is 18.2 Å². The van der Waals surface area contributed by atoms with Crippen LogP contribution in [0.5, 0.6) is 0 Å². The second kappa shape index (κ2) is 3.90. The van der Waals surface area contributed by atoms with Crippen LogP contribution in [0, 0.1) is 0 Å². The summed E-state index contributed by atoms with van der Waals surface area (Å²) in [7, 11) is 0. The molecule has 1 unspecified atom stereocenters. The Hall–Kier alpha value is -1.19. The van der Waals surface area contributed by atoms with Gasteiger partial charge in [0.1, 0.15) is 6.10 Å². The molecule has 0 bridgehead atoms. The van der Waals surface area contributed by atoms with Crippen LogP contribution in [-0.4, -0.2) is 17.9 Å². The van der Waals surface area contributed by atoms with E-state index >= 15 is 0 Å². The molecule has 2 rings (SSSR count). The second-order valence-corrected chi connectivity index (χ2v) is 3.49. The number of carbonyl (C=O) groups excluding carboxylic acids is 1. The van der Waals surface area contributed by atoms with Crippen LogP contribution in [0.3, 0.4) is 0 Å². The predicted molar refractivity (Wildman–Crippen MR) is 52.9 cm³/mol. The maximum absolute atomic E-state index is 10.5. The average molecular weight is 191 g/mol. The highest BCUT2D eigenvalue weighted by Crippen LogP contribution is 2.22. The molecule has 2 N–H and O–H groups in total. The molecular weight excluding hydrogens is 178 g/mol. The van der Waals surface area contributed by atoms with Crippen molar-refractivity contribution in [2.24, 2.45) is 0 Å². The summed E-state index contributed by atoms with van der Waals surface area (Å²) in [6, 6.07) is 5.74. The third kappa shape index (κ3) is 1.56. The van der Waals surface area contributed by atoms with Crippen LogP contribution in [0.2, 0.25) is 0 Å². The quantitative estimate of drug-likeness (QED) is 0.672. The first-order chi connectivity index (χ1) is 6.83. The Kier molecular flexibility index (Phi) is 2.61. The molecule has 3 heteroatoms. The van der Waals surface area contributed by atoms with E-state index in [-0.39, 0.29) is 0 Å². The van der Waals surface area contributed by atoms with Gasteiger partial charge in [-0.25, -0.2) is 0 Å². The lowest BCUT2D eigenvalue weighted by molar-refractivity contribution is -0.115. The molecule has 0 aromatic heterocycles. The minimum atomic E-state index is -0.969. The predicted octanol–water partition coefficient (Wildman–Crippen LogP) is 0.565. The molecule has 0 fully saturated rings. The maximum Gasteiger partial charge on any atom is 0.153 e. The van der Waals surface area contributed by atoms with Gasteiger partial charge in [0.05, 0.1) is 0 Å². The number of aliphatic hydroxyl groups is 1. The maximum atomic E-state index is 10.5. The van der Waals surface area contributed by atoms with Crippen LogP contribution < -0.4 is 5.32 Å². The Morgan fingerprint density at radius 3 is 3.14 bits per heavy atom. The Bertz CT molecular complexity index is 349. The van der Waals surface area contributed by atoms with Crippen molar-refractivity contribution in [3.8, 4) is 0 Å². The van der Waals surface area contributed by atoms with E-state index in [0.717, 1.165) is 30.6 Å². The third-order valence-corrected chi connectivity index (χ3v) is 2.62. The van der Waals surface area contributed by atoms with Gasteiger partial charge in [0.25, 0.3) is 0 Å². The Morgan fingerprint density at radius 2 is 2.36 bits per heavy atom. The summed E-state index contributed by atoms with van der Waals surface area (Å²) in [6.07, 6.45) is 0.497. The van der Waals surface area contributed by atoms with Crippen molar-refractivity contribution in [2.45, 2.75) is 19.1 Å². The molecule has 0 amide bonds. The third-order valence-electron chi connectivity index (χ3n) is 2.62. The largest absolute Gasteiger partial charge is 0.381 e. The van der Waals surface area contributed by atoms with E-state index in [2.05, 4.69) is 5.32 Å². The molecule has 1 aliphatic heterocycles. The number of hydrogen-bond acceptors (Lipinski definition) is 3. The second-order valence-electron chi connectivity index (χ2n) is 3.49. The molecule has 14 heavy (non-hydrogen) atoms. The molecule has 1 aliphatic rings. The highest BCUT2D eigenvalue weighted by Gasteiger charge is 2.16. The van der Waals surface area contributed by atoms with Crippen molar-refractivity contribution in [3.63, 3.8) is 0 Å². The molecule has 1 aromatic carbocycles. The van der Waals surface area contributed by atoms with Crippen LogP contribution in [0.1, 0.15) is 22.8 Å². The molecule has 1 atom stereocenters. The van der Waals surface area contributed by atoms with E-state index in [0.29, 0.717) is 6.29 Å². The summed E-state index contributed by atoms with van der Waals surface area (Å²) in [6.45, 7) is 1.74. The van der Waals surface area contributed by atoms with E-state index in [1.165, 1.54) is 5.56 Å². The molecule has 0 aliphatic carbocycles. The van der Waals surface area contributed by atoms with Crippen molar-refractivity contribution >= 4 is 6.29 Å². The monoisotopic (exact) mass is 191 g/mol. The van der Waals surface area contributed by atoms with Gasteiger partial charge in [-0.05, 0) is 29.7 Å². The Morgan fingerprint density at radius 1 is 1.50 bits per heavy atom. The van der Waals surface area contributed by atoms with Crippen molar-refractivity contribution in [3.05, 3.63) is 34.9 Å². The van der Waals surface area contributed by atoms with Crippen LogP contribution in [-0.2, 0) is 17.8 Å². The van der Waals surface area contributed by atoms with Crippen LogP contribution >= 0.6 is 0 Å². The normalized spacial score (nSPS) is 17.2. The number of nitrogens with one attached hydrogen (secondary N) is 1. The van der Waals surface area contributed by atoms with E-state index in [4.69, 9.17) is 0 Å². The summed E-state index contributed by atoms with van der Waals surface area (Å²) in [5, 5.41) is 12.8. The minimum Gasteiger partial charge on any atom is -0.381 e. The van der Waals surface area contributed by atoms with Crippen molar-refractivity contribution in [1.29, 1.82) is 0 Å². The van der Waals surface area contributed by atoms with E-state index in [1.54, 1.807) is 0 Å². The molecular formula is C11H13NO2. The Labute approximate surface area is 82.8 Å². The number of aliphatic hydroxyl groups excluding tert-OH is 1. The molecule has 0 radical (unpaired) electrons. The van der Waals surface area contributed by atoms with Gasteiger partial charge in [-0.1, -0.05) is 18.2 Å². The summed E-state index contributed by atoms with van der Waals surface area (Å²) in [4.78, 5) is 10.5. The zero-order chi connectivity index (χ0) is 9.97. The lowest BCUT2D eigenvalue weighted by Gasteiger charge is -2.21. The number of aldehydes is 1. The fourth-order valence-electron chi connectivity index (χ4n) is 1.91. The fraction of sp³-hybridized carbons (Fsp3) is 0.364. The van der Waals surface area contributed by atoms with Gasteiger partial charge in [0, 0.05) is 6.54 Å². The first-order valence-corrected chi connectivity index (χ1v) is 4.77. The summed E-state index contributed by atoms with van der Waals surface area (Å²) in [5.41, 5.74) is 3.08. The molecule has 0 spiro atoms. The van der Waals surface area contributed by atoms with Crippen molar-refractivity contribution < 1.29 is 9.90 Å². The molecule has 1 aromatic rings.